The maximum atomic E-state index is 11.6. The van der Waals surface area contributed by atoms with Crippen molar-refractivity contribution in [3.8, 4) is 0 Å². The maximum absolute atomic E-state index is 11.6. The van der Waals surface area contributed by atoms with Gasteiger partial charge in [-0.15, -0.1) is 0 Å². The topological polar surface area (TPSA) is 107 Å². The second-order valence-corrected chi connectivity index (χ2v) is 3.78. The number of primary amides is 1. The van der Waals surface area contributed by atoms with Crippen molar-refractivity contribution >= 4 is 11.8 Å². The molecule has 6 nitrogen and oxygen atoms in total. The zero-order chi connectivity index (χ0) is 11.3. The molecule has 1 aliphatic rings. The highest BCUT2D eigenvalue weighted by Gasteiger charge is 2.37. The summed E-state index contributed by atoms with van der Waals surface area (Å²) in [5.41, 5.74) is 9.88. The summed E-state index contributed by atoms with van der Waals surface area (Å²) in [7, 11) is 0. The standard InChI is InChI=1S/C9H17N3O3/c10-7(13)2-1-4-12-8(14)9(11)3-5-15-6-9/h1-6,11H2,(H2,10,13)(H,12,14). The fourth-order valence-corrected chi connectivity index (χ4v) is 1.40. The SMILES string of the molecule is NC(=O)CCCNC(=O)C1(N)CCOC1. The van der Waals surface area contributed by atoms with Crippen LogP contribution in [0.1, 0.15) is 19.3 Å². The number of rotatable bonds is 5. The summed E-state index contributed by atoms with van der Waals surface area (Å²) in [6.07, 6.45) is 1.35. The van der Waals surface area contributed by atoms with Crippen molar-refractivity contribution in [1.82, 2.24) is 5.32 Å². The van der Waals surface area contributed by atoms with Gasteiger partial charge in [-0.25, -0.2) is 0 Å². The lowest BCUT2D eigenvalue weighted by Crippen LogP contribution is -2.54. The lowest BCUT2D eigenvalue weighted by Gasteiger charge is -2.20. The van der Waals surface area contributed by atoms with Crippen molar-refractivity contribution < 1.29 is 14.3 Å². The zero-order valence-corrected chi connectivity index (χ0v) is 8.62. The fourth-order valence-electron chi connectivity index (χ4n) is 1.40. The normalized spacial score (nSPS) is 25.1. The molecule has 1 saturated heterocycles. The molecule has 1 unspecified atom stereocenters. The molecular weight excluding hydrogens is 198 g/mol. The third kappa shape index (κ3) is 3.49. The molecule has 1 fully saturated rings. The van der Waals surface area contributed by atoms with Gasteiger partial charge in [0.25, 0.3) is 0 Å². The Bertz CT molecular complexity index is 249. The van der Waals surface area contributed by atoms with Gasteiger partial charge in [-0.1, -0.05) is 0 Å². The molecule has 1 heterocycles. The summed E-state index contributed by atoms with van der Waals surface area (Å²) < 4.78 is 5.07. The fraction of sp³-hybridized carbons (Fsp3) is 0.778. The Labute approximate surface area is 88.3 Å². The van der Waals surface area contributed by atoms with Crippen molar-refractivity contribution in [2.24, 2.45) is 11.5 Å². The van der Waals surface area contributed by atoms with Crippen LogP contribution >= 0.6 is 0 Å². The van der Waals surface area contributed by atoms with Gasteiger partial charge in [0.05, 0.1) is 6.61 Å². The molecular formula is C9H17N3O3. The number of nitrogens with two attached hydrogens (primary N) is 2. The van der Waals surface area contributed by atoms with Gasteiger partial charge in [-0.3, -0.25) is 9.59 Å². The van der Waals surface area contributed by atoms with E-state index in [-0.39, 0.29) is 24.8 Å². The van der Waals surface area contributed by atoms with E-state index in [0.29, 0.717) is 26.0 Å². The molecule has 0 radical (unpaired) electrons. The van der Waals surface area contributed by atoms with E-state index in [4.69, 9.17) is 16.2 Å². The van der Waals surface area contributed by atoms with E-state index in [1.54, 1.807) is 0 Å². The highest BCUT2D eigenvalue weighted by molar-refractivity contribution is 5.86. The lowest BCUT2D eigenvalue weighted by molar-refractivity contribution is -0.126. The molecule has 5 N–H and O–H groups in total. The van der Waals surface area contributed by atoms with Gasteiger partial charge in [0.2, 0.25) is 11.8 Å². The van der Waals surface area contributed by atoms with E-state index in [1.807, 2.05) is 0 Å². The van der Waals surface area contributed by atoms with Crippen LogP contribution in [0.15, 0.2) is 0 Å². The summed E-state index contributed by atoms with van der Waals surface area (Å²) in [5, 5.41) is 2.67. The van der Waals surface area contributed by atoms with Crippen LogP contribution < -0.4 is 16.8 Å². The molecule has 86 valence electrons. The summed E-state index contributed by atoms with van der Waals surface area (Å²) in [6, 6.07) is 0. The Balaban J connectivity index is 2.21. The highest BCUT2D eigenvalue weighted by Crippen LogP contribution is 2.15. The van der Waals surface area contributed by atoms with Gasteiger partial charge < -0.3 is 21.5 Å². The van der Waals surface area contributed by atoms with E-state index < -0.39 is 5.54 Å². The van der Waals surface area contributed by atoms with Crippen LogP contribution in [0.25, 0.3) is 0 Å². The first-order valence-electron chi connectivity index (χ1n) is 4.98. The molecule has 0 saturated carbocycles. The predicted octanol–water partition coefficient (Wildman–Crippen LogP) is -1.51. The third-order valence-corrected chi connectivity index (χ3v) is 2.39. The second-order valence-electron chi connectivity index (χ2n) is 3.78. The Morgan fingerprint density at radius 3 is 2.73 bits per heavy atom. The van der Waals surface area contributed by atoms with E-state index in [2.05, 4.69) is 5.32 Å². The summed E-state index contributed by atoms with van der Waals surface area (Å²) in [4.78, 5) is 22.0. The van der Waals surface area contributed by atoms with Crippen LogP contribution in [-0.4, -0.2) is 37.1 Å². The Hall–Kier alpha value is -1.14. The largest absolute Gasteiger partial charge is 0.379 e. The van der Waals surface area contributed by atoms with Crippen molar-refractivity contribution in [3.63, 3.8) is 0 Å². The molecule has 6 heteroatoms. The highest BCUT2D eigenvalue weighted by atomic mass is 16.5. The van der Waals surface area contributed by atoms with Gasteiger partial charge in [-0.05, 0) is 12.8 Å². The van der Waals surface area contributed by atoms with Gasteiger partial charge in [0, 0.05) is 19.6 Å². The molecule has 2 amide bonds. The van der Waals surface area contributed by atoms with E-state index in [9.17, 15) is 9.59 Å². The van der Waals surface area contributed by atoms with E-state index in [1.165, 1.54) is 0 Å². The van der Waals surface area contributed by atoms with Crippen LogP contribution in [0, 0.1) is 0 Å². The minimum atomic E-state index is -0.896. The predicted molar refractivity (Wildman–Crippen MR) is 53.8 cm³/mol. The lowest BCUT2D eigenvalue weighted by atomic mass is 9.99. The van der Waals surface area contributed by atoms with Crippen LogP contribution in [0.5, 0.6) is 0 Å². The van der Waals surface area contributed by atoms with Crippen molar-refractivity contribution in [3.05, 3.63) is 0 Å². The van der Waals surface area contributed by atoms with E-state index in [0.717, 1.165) is 0 Å². The average Bonchev–Trinajstić information content (AvgIpc) is 2.60. The summed E-state index contributed by atoms with van der Waals surface area (Å²) in [5.74, 6) is -0.583. The summed E-state index contributed by atoms with van der Waals surface area (Å²) >= 11 is 0. The van der Waals surface area contributed by atoms with Gasteiger partial charge in [-0.2, -0.15) is 0 Å². The minimum absolute atomic E-state index is 0.218. The van der Waals surface area contributed by atoms with Crippen LogP contribution in [0.3, 0.4) is 0 Å². The number of carbonyl (C=O) groups is 2. The molecule has 1 aliphatic heterocycles. The Morgan fingerprint density at radius 2 is 2.20 bits per heavy atom. The number of amides is 2. The second kappa shape index (κ2) is 5.09. The quantitative estimate of drug-likeness (QED) is 0.484. The molecule has 0 aromatic rings. The molecule has 1 rings (SSSR count). The molecule has 0 spiro atoms. The number of nitrogens with one attached hydrogen (secondary N) is 1. The molecule has 15 heavy (non-hydrogen) atoms. The first-order chi connectivity index (χ1) is 7.04. The number of carbonyl (C=O) groups excluding carboxylic acids is 2. The van der Waals surface area contributed by atoms with Gasteiger partial charge in [0.15, 0.2) is 0 Å². The monoisotopic (exact) mass is 215 g/mol. The first-order valence-corrected chi connectivity index (χ1v) is 4.98. The van der Waals surface area contributed by atoms with Gasteiger partial charge >= 0.3 is 0 Å². The van der Waals surface area contributed by atoms with Gasteiger partial charge in [0.1, 0.15) is 5.54 Å². The Morgan fingerprint density at radius 1 is 1.47 bits per heavy atom. The Kier molecular flexibility index (Phi) is 4.05. The smallest absolute Gasteiger partial charge is 0.242 e. The molecule has 0 bridgehead atoms. The average molecular weight is 215 g/mol. The van der Waals surface area contributed by atoms with Crippen LogP contribution in [0.2, 0.25) is 0 Å². The number of hydrogen-bond acceptors (Lipinski definition) is 4. The number of hydrogen-bond donors (Lipinski definition) is 3. The molecule has 1 atom stereocenters. The van der Waals surface area contributed by atoms with Crippen molar-refractivity contribution in [2.45, 2.75) is 24.8 Å². The first kappa shape index (κ1) is 11.9. The van der Waals surface area contributed by atoms with Crippen LogP contribution in [0.4, 0.5) is 0 Å². The third-order valence-electron chi connectivity index (χ3n) is 2.39. The van der Waals surface area contributed by atoms with E-state index >= 15 is 0 Å². The van der Waals surface area contributed by atoms with Crippen molar-refractivity contribution in [2.75, 3.05) is 19.8 Å². The summed E-state index contributed by atoms with van der Waals surface area (Å²) in [6.45, 7) is 1.20. The molecule has 0 aliphatic carbocycles. The van der Waals surface area contributed by atoms with Crippen LogP contribution in [-0.2, 0) is 14.3 Å². The molecule has 0 aromatic carbocycles. The van der Waals surface area contributed by atoms with Crippen molar-refractivity contribution in [1.29, 1.82) is 0 Å². The minimum Gasteiger partial charge on any atom is -0.379 e. The molecule has 0 aromatic heterocycles. The number of ether oxygens (including phenoxy) is 1. The maximum Gasteiger partial charge on any atom is 0.242 e. The zero-order valence-electron chi connectivity index (χ0n) is 8.62.